The lowest BCUT2D eigenvalue weighted by atomic mass is 9.97. The molecule has 5 heteroatoms. The fourth-order valence-corrected chi connectivity index (χ4v) is 4.53. The number of ether oxygens (including phenoxy) is 1. The predicted molar refractivity (Wildman–Crippen MR) is 117 cm³/mol. The summed E-state index contributed by atoms with van der Waals surface area (Å²) in [4.78, 5) is 17.1. The second kappa shape index (κ2) is 9.73. The van der Waals surface area contributed by atoms with E-state index in [0.29, 0.717) is 13.0 Å². The molecule has 1 N–H and O–H groups in total. The van der Waals surface area contributed by atoms with E-state index < -0.39 is 12.2 Å². The molecule has 0 bridgehead atoms. The quantitative estimate of drug-likeness (QED) is 0.798. The Hall–Kier alpha value is -2.21. The number of benzene rings is 2. The highest BCUT2D eigenvalue weighted by atomic mass is 16.5. The van der Waals surface area contributed by atoms with Gasteiger partial charge in [-0.2, -0.15) is 0 Å². The van der Waals surface area contributed by atoms with Gasteiger partial charge in [0.1, 0.15) is 0 Å². The number of nitrogens with zero attached hydrogens (tertiary/aromatic N) is 2. The van der Waals surface area contributed by atoms with Crippen LogP contribution in [-0.4, -0.2) is 59.3 Å². The minimum atomic E-state index is -0.764. The molecule has 1 fully saturated rings. The highest BCUT2D eigenvalue weighted by Gasteiger charge is 2.36. The van der Waals surface area contributed by atoms with Crippen molar-refractivity contribution < 1.29 is 14.6 Å². The molecular weight excluding hydrogens is 376 g/mol. The molecule has 5 nitrogen and oxygen atoms in total. The van der Waals surface area contributed by atoms with Crippen LogP contribution in [0.1, 0.15) is 36.0 Å². The van der Waals surface area contributed by atoms with Crippen molar-refractivity contribution in [3.8, 4) is 0 Å². The lowest BCUT2D eigenvalue weighted by molar-refractivity contribution is -0.167. The zero-order valence-corrected chi connectivity index (χ0v) is 17.7. The number of aliphatic hydroxyl groups is 1. The van der Waals surface area contributed by atoms with Crippen LogP contribution in [0.25, 0.3) is 0 Å². The van der Waals surface area contributed by atoms with Crippen molar-refractivity contribution in [2.24, 2.45) is 0 Å². The molecule has 30 heavy (non-hydrogen) atoms. The van der Waals surface area contributed by atoms with E-state index in [2.05, 4.69) is 29.2 Å². The number of carbonyl (C=O) groups excluding carboxylic acids is 1. The number of rotatable bonds is 6. The van der Waals surface area contributed by atoms with Crippen LogP contribution in [0.5, 0.6) is 0 Å². The Bertz CT molecular complexity index is 841. The van der Waals surface area contributed by atoms with Crippen LogP contribution in [-0.2, 0) is 29.0 Å². The second-order valence-corrected chi connectivity index (χ2v) is 8.59. The monoisotopic (exact) mass is 408 g/mol. The highest BCUT2D eigenvalue weighted by molar-refractivity contribution is 5.81. The molecule has 160 valence electrons. The molecular formula is C25H32N2O3. The number of aliphatic hydroxyl groups excluding tert-OH is 1. The lowest BCUT2D eigenvalue weighted by Gasteiger charge is -2.36. The Morgan fingerprint density at radius 1 is 1.10 bits per heavy atom. The summed E-state index contributed by atoms with van der Waals surface area (Å²) in [5.74, 6) is -0.136. The van der Waals surface area contributed by atoms with Gasteiger partial charge in [0.05, 0.1) is 12.2 Å². The average molecular weight is 409 g/mol. The Balaban J connectivity index is 1.29. The Kier molecular flexibility index (Phi) is 6.82. The first kappa shape index (κ1) is 21.0. The van der Waals surface area contributed by atoms with Crippen LogP contribution in [0.3, 0.4) is 0 Å². The molecule has 1 saturated heterocycles. The minimum Gasteiger partial charge on any atom is -0.390 e. The summed E-state index contributed by atoms with van der Waals surface area (Å²) in [6, 6.07) is 18.6. The molecule has 0 aliphatic carbocycles. The Morgan fingerprint density at radius 2 is 1.83 bits per heavy atom. The van der Waals surface area contributed by atoms with Crippen molar-refractivity contribution in [1.29, 1.82) is 0 Å². The maximum Gasteiger partial charge on any atom is 0.254 e. The molecule has 2 aliphatic rings. The number of hydrogen-bond acceptors (Lipinski definition) is 4. The molecule has 0 aromatic heterocycles. The van der Waals surface area contributed by atoms with Gasteiger partial charge in [-0.15, -0.1) is 0 Å². The van der Waals surface area contributed by atoms with E-state index in [1.54, 1.807) is 11.9 Å². The van der Waals surface area contributed by atoms with Crippen molar-refractivity contribution >= 4 is 5.91 Å². The standard InChI is InChI=1S/C25H32N2O3/c1-26(17-19-7-3-2-4-8-19)25(29)24-23(28)12-11-22(30-24)14-16-27-15-13-20-9-5-6-10-21(20)18-27/h2-10,22-24,28H,11-18H2,1H3/t22-,23-,24+/m0/s1. The SMILES string of the molecule is CN(Cc1ccccc1)C(=O)[C@@H]1O[C@H](CCN2CCc3ccccc3C2)CC[C@@H]1O. The van der Waals surface area contributed by atoms with Gasteiger partial charge >= 0.3 is 0 Å². The van der Waals surface area contributed by atoms with Crippen LogP contribution in [0.4, 0.5) is 0 Å². The van der Waals surface area contributed by atoms with Crippen LogP contribution in [0.15, 0.2) is 54.6 Å². The topological polar surface area (TPSA) is 53.0 Å². The zero-order chi connectivity index (χ0) is 20.9. The van der Waals surface area contributed by atoms with Crippen molar-refractivity contribution in [1.82, 2.24) is 9.80 Å². The van der Waals surface area contributed by atoms with Gasteiger partial charge in [0.15, 0.2) is 6.10 Å². The van der Waals surface area contributed by atoms with Gasteiger partial charge in [-0.05, 0) is 42.4 Å². The van der Waals surface area contributed by atoms with Gasteiger partial charge in [-0.1, -0.05) is 54.6 Å². The number of likely N-dealkylation sites (N-methyl/N-ethyl adjacent to an activating group) is 1. The van der Waals surface area contributed by atoms with E-state index in [0.717, 1.165) is 44.5 Å². The fraction of sp³-hybridized carbons (Fsp3) is 0.480. The number of fused-ring (bicyclic) bond motifs is 1. The van der Waals surface area contributed by atoms with Crippen LogP contribution in [0.2, 0.25) is 0 Å². The zero-order valence-electron chi connectivity index (χ0n) is 17.7. The van der Waals surface area contributed by atoms with E-state index in [1.165, 1.54) is 11.1 Å². The van der Waals surface area contributed by atoms with Crippen molar-refractivity contribution in [2.45, 2.75) is 57.1 Å². The summed E-state index contributed by atoms with van der Waals surface area (Å²) < 4.78 is 6.11. The summed E-state index contributed by atoms with van der Waals surface area (Å²) in [5.41, 5.74) is 3.94. The van der Waals surface area contributed by atoms with Crippen molar-refractivity contribution in [3.05, 3.63) is 71.3 Å². The number of carbonyl (C=O) groups is 1. The van der Waals surface area contributed by atoms with Gasteiger partial charge < -0.3 is 14.7 Å². The number of amides is 1. The molecule has 2 aromatic rings. The maximum absolute atomic E-state index is 12.9. The third kappa shape index (κ3) is 5.09. The molecule has 2 heterocycles. The van der Waals surface area contributed by atoms with E-state index in [-0.39, 0.29) is 12.0 Å². The molecule has 0 spiro atoms. The van der Waals surface area contributed by atoms with Crippen molar-refractivity contribution in [2.75, 3.05) is 20.1 Å². The van der Waals surface area contributed by atoms with Crippen LogP contribution in [0, 0.1) is 0 Å². The first-order valence-electron chi connectivity index (χ1n) is 11.0. The molecule has 2 aliphatic heterocycles. The molecule has 4 rings (SSSR count). The molecule has 0 unspecified atom stereocenters. The summed E-state index contributed by atoms with van der Waals surface area (Å²) in [6.07, 6.45) is 1.92. The van der Waals surface area contributed by atoms with Crippen LogP contribution < -0.4 is 0 Å². The smallest absolute Gasteiger partial charge is 0.254 e. The summed E-state index contributed by atoms with van der Waals surface area (Å²) >= 11 is 0. The molecule has 0 saturated carbocycles. The third-order valence-electron chi connectivity index (χ3n) is 6.33. The van der Waals surface area contributed by atoms with Gasteiger partial charge in [-0.3, -0.25) is 9.69 Å². The molecule has 1 amide bonds. The lowest BCUT2D eigenvalue weighted by Crippen LogP contribution is -2.49. The van der Waals surface area contributed by atoms with E-state index in [4.69, 9.17) is 4.74 Å². The largest absolute Gasteiger partial charge is 0.390 e. The summed E-state index contributed by atoms with van der Waals surface area (Å²) in [5, 5.41) is 10.4. The highest BCUT2D eigenvalue weighted by Crippen LogP contribution is 2.25. The maximum atomic E-state index is 12.9. The first-order valence-corrected chi connectivity index (χ1v) is 11.0. The van der Waals surface area contributed by atoms with Gasteiger partial charge in [0, 0.05) is 33.2 Å². The third-order valence-corrected chi connectivity index (χ3v) is 6.33. The predicted octanol–water partition coefficient (Wildman–Crippen LogP) is 3.00. The second-order valence-electron chi connectivity index (χ2n) is 8.59. The fourth-order valence-electron chi connectivity index (χ4n) is 4.53. The minimum absolute atomic E-state index is 0.0182. The van der Waals surface area contributed by atoms with Gasteiger partial charge in [-0.25, -0.2) is 0 Å². The van der Waals surface area contributed by atoms with Gasteiger partial charge in [0.2, 0.25) is 0 Å². The number of hydrogen-bond donors (Lipinski definition) is 1. The molecule has 3 atom stereocenters. The molecule has 0 radical (unpaired) electrons. The molecule has 2 aromatic carbocycles. The first-order chi connectivity index (χ1) is 14.6. The van der Waals surface area contributed by atoms with Crippen molar-refractivity contribution in [3.63, 3.8) is 0 Å². The average Bonchev–Trinajstić information content (AvgIpc) is 2.78. The van der Waals surface area contributed by atoms with E-state index in [1.807, 2.05) is 30.3 Å². The Labute approximate surface area is 179 Å². The van der Waals surface area contributed by atoms with Crippen LogP contribution >= 0.6 is 0 Å². The van der Waals surface area contributed by atoms with E-state index >= 15 is 0 Å². The van der Waals surface area contributed by atoms with Gasteiger partial charge in [0.25, 0.3) is 5.91 Å². The Morgan fingerprint density at radius 3 is 2.63 bits per heavy atom. The van der Waals surface area contributed by atoms with E-state index in [9.17, 15) is 9.90 Å². The summed E-state index contributed by atoms with van der Waals surface area (Å²) in [7, 11) is 1.78. The summed E-state index contributed by atoms with van der Waals surface area (Å²) in [6.45, 7) is 3.52. The normalized spacial score (nSPS) is 24.3.